The van der Waals surface area contributed by atoms with Crippen molar-refractivity contribution in [1.82, 2.24) is 4.57 Å². The van der Waals surface area contributed by atoms with E-state index in [0.29, 0.717) is 6.54 Å². The number of hydrogen-bond donors (Lipinski definition) is 1. The topological polar surface area (TPSA) is 48.0 Å². The first-order valence-electron chi connectivity index (χ1n) is 4.91. The molecule has 0 unspecified atom stereocenters. The lowest BCUT2D eigenvalue weighted by atomic mass is 9.90. The Kier molecular flexibility index (Phi) is 3.47. The second-order valence-electron chi connectivity index (χ2n) is 4.35. The van der Waals surface area contributed by atoms with Crippen molar-refractivity contribution in [3.8, 4) is 0 Å². The number of hydrogen-bond acceptors (Lipinski definition) is 2. The lowest BCUT2D eigenvalue weighted by Gasteiger charge is -2.22. The van der Waals surface area contributed by atoms with Gasteiger partial charge in [0.1, 0.15) is 0 Å². The summed E-state index contributed by atoms with van der Waals surface area (Å²) >= 11 is 0. The minimum atomic E-state index is 0.0559. The average molecular weight is 194 g/mol. The summed E-state index contributed by atoms with van der Waals surface area (Å²) < 4.78 is 1.72. The van der Waals surface area contributed by atoms with Crippen LogP contribution in [-0.2, 0) is 6.54 Å². The number of nitrogens with two attached hydrogens (primary N) is 1. The van der Waals surface area contributed by atoms with Gasteiger partial charge in [0.2, 0.25) is 5.56 Å². The van der Waals surface area contributed by atoms with Crippen LogP contribution in [0.3, 0.4) is 0 Å². The third-order valence-corrected chi connectivity index (χ3v) is 2.48. The number of rotatable bonds is 4. The number of aromatic nitrogens is 1. The highest BCUT2D eigenvalue weighted by molar-refractivity contribution is 4.93. The predicted octanol–water partition coefficient (Wildman–Crippen LogP) is 1.22. The fourth-order valence-corrected chi connectivity index (χ4v) is 1.17. The van der Waals surface area contributed by atoms with Crippen LogP contribution in [0.1, 0.15) is 20.3 Å². The van der Waals surface area contributed by atoms with E-state index in [1.54, 1.807) is 16.7 Å². The molecule has 0 saturated carbocycles. The van der Waals surface area contributed by atoms with Crippen LogP contribution in [0.25, 0.3) is 0 Å². The van der Waals surface area contributed by atoms with Gasteiger partial charge in [0.05, 0.1) is 0 Å². The van der Waals surface area contributed by atoms with Crippen molar-refractivity contribution in [3.63, 3.8) is 0 Å². The first kappa shape index (κ1) is 11.0. The minimum Gasteiger partial charge on any atom is -0.330 e. The van der Waals surface area contributed by atoms with Gasteiger partial charge in [-0.1, -0.05) is 19.9 Å². The largest absolute Gasteiger partial charge is 0.330 e. The van der Waals surface area contributed by atoms with E-state index in [-0.39, 0.29) is 11.0 Å². The highest BCUT2D eigenvalue weighted by Gasteiger charge is 2.14. The molecule has 0 spiro atoms. The molecule has 3 heteroatoms. The van der Waals surface area contributed by atoms with E-state index in [4.69, 9.17) is 5.73 Å². The lowest BCUT2D eigenvalue weighted by molar-refractivity contribution is 0.322. The molecule has 1 heterocycles. The molecule has 0 amide bonds. The maximum Gasteiger partial charge on any atom is 0.250 e. The van der Waals surface area contributed by atoms with Crippen LogP contribution in [0.4, 0.5) is 0 Å². The first-order chi connectivity index (χ1) is 6.55. The van der Waals surface area contributed by atoms with Crippen molar-refractivity contribution < 1.29 is 0 Å². The van der Waals surface area contributed by atoms with Crippen LogP contribution in [0.2, 0.25) is 0 Å². The molecule has 0 aliphatic rings. The van der Waals surface area contributed by atoms with E-state index < -0.39 is 0 Å². The van der Waals surface area contributed by atoms with Crippen LogP contribution in [0.5, 0.6) is 0 Å². The molecule has 1 rings (SSSR count). The molecule has 78 valence electrons. The second kappa shape index (κ2) is 4.42. The van der Waals surface area contributed by atoms with Crippen molar-refractivity contribution in [2.45, 2.75) is 26.8 Å². The molecule has 0 saturated heterocycles. The van der Waals surface area contributed by atoms with Gasteiger partial charge in [-0.2, -0.15) is 0 Å². The fraction of sp³-hybridized carbons (Fsp3) is 0.545. The van der Waals surface area contributed by atoms with E-state index in [2.05, 4.69) is 13.8 Å². The van der Waals surface area contributed by atoms with Gasteiger partial charge in [-0.3, -0.25) is 4.79 Å². The molecule has 0 bridgehead atoms. The summed E-state index contributed by atoms with van der Waals surface area (Å²) in [6.45, 7) is 5.61. The second-order valence-corrected chi connectivity index (χ2v) is 4.35. The van der Waals surface area contributed by atoms with Crippen molar-refractivity contribution in [3.05, 3.63) is 34.7 Å². The summed E-state index contributed by atoms with van der Waals surface area (Å²) in [5.74, 6) is 0. The lowest BCUT2D eigenvalue weighted by Crippen LogP contribution is -2.27. The van der Waals surface area contributed by atoms with Crippen LogP contribution in [-0.4, -0.2) is 11.1 Å². The average Bonchev–Trinajstić information content (AvgIpc) is 2.17. The van der Waals surface area contributed by atoms with Gasteiger partial charge in [-0.15, -0.1) is 0 Å². The Hall–Kier alpha value is -1.09. The Bertz CT molecular complexity index is 341. The standard InChI is InChI=1S/C11H18N2O/c1-11(2,9-12)6-8-13-7-4-3-5-10(13)14/h3-5,7H,6,8-9,12H2,1-2H3. The third-order valence-electron chi connectivity index (χ3n) is 2.48. The zero-order valence-corrected chi connectivity index (χ0v) is 8.86. The Morgan fingerprint density at radius 2 is 2.14 bits per heavy atom. The minimum absolute atomic E-state index is 0.0559. The predicted molar refractivity (Wildman–Crippen MR) is 58.2 cm³/mol. The Labute approximate surface area is 84.6 Å². The van der Waals surface area contributed by atoms with Crippen molar-refractivity contribution in [2.24, 2.45) is 11.1 Å². The maximum atomic E-state index is 11.4. The summed E-state index contributed by atoms with van der Waals surface area (Å²) in [6.07, 6.45) is 2.74. The monoisotopic (exact) mass is 194 g/mol. The van der Waals surface area contributed by atoms with E-state index in [1.165, 1.54) is 0 Å². The Morgan fingerprint density at radius 1 is 1.43 bits per heavy atom. The number of pyridine rings is 1. The molecule has 1 aromatic heterocycles. The summed E-state index contributed by atoms with van der Waals surface area (Å²) in [5, 5.41) is 0. The molecule has 0 atom stereocenters. The summed E-state index contributed by atoms with van der Waals surface area (Å²) in [4.78, 5) is 11.4. The normalized spacial score (nSPS) is 11.6. The highest BCUT2D eigenvalue weighted by Crippen LogP contribution is 2.18. The van der Waals surface area contributed by atoms with E-state index in [9.17, 15) is 4.79 Å². The van der Waals surface area contributed by atoms with Crippen LogP contribution >= 0.6 is 0 Å². The summed E-state index contributed by atoms with van der Waals surface area (Å²) in [5.41, 5.74) is 5.78. The molecule has 14 heavy (non-hydrogen) atoms. The van der Waals surface area contributed by atoms with Crippen molar-refractivity contribution in [1.29, 1.82) is 0 Å². The highest BCUT2D eigenvalue weighted by atomic mass is 16.1. The molecular formula is C11H18N2O. The zero-order valence-electron chi connectivity index (χ0n) is 8.86. The van der Waals surface area contributed by atoms with Gasteiger partial charge < -0.3 is 10.3 Å². The summed E-state index contributed by atoms with van der Waals surface area (Å²) in [6, 6.07) is 5.21. The third kappa shape index (κ3) is 3.00. The van der Waals surface area contributed by atoms with Crippen molar-refractivity contribution in [2.75, 3.05) is 6.54 Å². The number of nitrogens with zero attached hydrogens (tertiary/aromatic N) is 1. The van der Waals surface area contributed by atoms with Gasteiger partial charge >= 0.3 is 0 Å². The molecule has 1 aromatic rings. The van der Waals surface area contributed by atoms with Gasteiger partial charge in [-0.25, -0.2) is 0 Å². The molecule has 0 aromatic carbocycles. The van der Waals surface area contributed by atoms with Gasteiger partial charge in [0, 0.05) is 18.8 Å². The Balaban J connectivity index is 2.63. The molecule has 2 N–H and O–H groups in total. The van der Waals surface area contributed by atoms with Crippen LogP contribution < -0.4 is 11.3 Å². The number of aryl methyl sites for hydroxylation is 1. The Morgan fingerprint density at radius 3 is 2.71 bits per heavy atom. The van der Waals surface area contributed by atoms with E-state index in [0.717, 1.165) is 13.0 Å². The van der Waals surface area contributed by atoms with Gasteiger partial charge in [0.15, 0.2) is 0 Å². The van der Waals surface area contributed by atoms with Gasteiger partial charge in [-0.05, 0) is 24.4 Å². The zero-order chi connectivity index (χ0) is 10.6. The first-order valence-corrected chi connectivity index (χ1v) is 4.91. The molecular weight excluding hydrogens is 176 g/mol. The molecule has 0 aliphatic heterocycles. The SMILES string of the molecule is CC(C)(CN)CCn1ccccc1=O. The molecule has 0 aliphatic carbocycles. The van der Waals surface area contributed by atoms with Crippen molar-refractivity contribution >= 4 is 0 Å². The van der Waals surface area contributed by atoms with Crippen LogP contribution in [0, 0.1) is 5.41 Å². The van der Waals surface area contributed by atoms with Crippen LogP contribution in [0.15, 0.2) is 29.2 Å². The quantitative estimate of drug-likeness (QED) is 0.783. The molecule has 3 nitrogen and oxygen atoms in total. The van der Waals surface area contributed by atoms with E-state index in [1.807, 2.05) is 12.3 Å². The van der Waals surface area contributed by atoms with E-state index >= 15 is 0 Å². The maximum absolute atomic E-state index is 11.4. The molecule has 0 radical (unpaired) electrons. The molecule has 0 fully saturated rings. The fourth-order valence-electron chi connectivity index (χ4n) is 1.17. The smallest absolute Gasteiger partial charge is 0.250 e. The summed E-state index contributed by atoms with van der Waals surface area (Å²) in [7, 11) is 0. The van der Waals surface area contributed by atoms with Gasteiger partial charge in [0.25, 0.3) is 0 Å².